The maximum Gasteiger partial charge on any atom is 0.322 e. The summed E-state index contributed by atoms with van der Waals surface area (Å²) in [5.74, 6) is -0.0675. The second-order valence-corrected chi connectivity index (χ2v) is 7.71. The van der Waals surface area contributed by atoms with Gasteiger partial charge in [-0.2, -0.15) is 16.1 Å². The second kappa shape index (κ2) is 5.77. The van der Waals surface area contributed by atoms with Gasteiger partial charge < -0.3 is 9.84 Å². The molecule has 0 aromatic carbocycles. The number of aliphatic carboxylic acids is 1. The largest absolute Gasteiger partial charge is 0.480 e. The first kappa shape index (κ1) is 14.1. The lowest BCUT2D eigenvalue weighted by Gasteiger charge is -2.35. The number of hydrogen-bond donors (Lipinski definition) is 1. The van der Waals surface area contributed by atoms with Gasteiger partial charge in [-0.3, -0.25) is 4.79 Å². The monoisotopic (exact) mass is 295 g/mol. The van der Waals surface area contributed by atoms with Crippen LogP contribution in [0.4, 0.5) is 0 Å². The second-order valence-electron chi connectivity index (χ2n) is 4.40. The molecular weight excluding hydrogens is 278 g/mol. The van der Waals surface area contributed by atoms with Crippen LogP contribution in [0.25, 0.3) is 0 Å². The van der Waals surface area contributed by atoms with E-state index < -0.39 is 27.3 Å². The first-order valence-corrected chi connectivity index (χ1v) is 8.58. The minimum Gasteiger partial charge on any atom is -0.480 e. The van der Waals surface area contributed by atoms with E-state index in [1.54, 1.807) is 0 Å². The van der Waals surface area contributed by atoms with Crippen molar-refractivity contribution in [2.24, 2.45) is 0 Å². The number of hydrogen-bond acceptors (Lipinski definition) is 5. The van der Waals surface area contributed by atoms with E-state index in [0.29, 0.717) is 44.1 Å². The predicted octanol–water partition coefficient (Wildman–Crippen LogP) is -0.00280. The van der Waals surface area contributed by atoms with Crippen LogP contribution in [0.2, 0.25) is 0 Å². The lowest BCUT2D eigenvalue weighted by Crippen LogP contribution is -2.53. The third-order valence-corrected chi connectivity index (χ3v) is 6.71. The average Bonchev–Trinajstić information content (AvgIpc) is 2.39. The highest BCUT2D eigenvalue weighted by Crippen LogP contribution is 2.26. The van der Waals surface area contributed by atoms with Crippen molar-refractivity contribution in [1.82, 2.24) is 4.31 Å². The molecule has 1 N–H and O–H groups in total. The van der Waals surface area contributed by atoms with Crippen molar-refractivity contribution in [3.63, 3.8) is 0 Å². The van der Waals surface area contributed by atoms with Crippen LogP contribution < -0.4 is 0 Å². The summed E-state index contributed by atoms with van der Waals surface area (Å²) < 4.78 is 31.2. The smallest absolute Gasteiger partial charge is 0.322 e. The van der Waals surface area contributed by atoms with Crippen LogP contribution in [0.3, 0.4) is 0 Å². The van der Waals surface area contributed by atoms with Gasteiger partial charge in [0.25, 0.3) is 0 Å². The standard InChI is InChI=1S/C10H17NO5S2/c12-10(13)9-7-17-6-3-11(9)18(14,15)8-1-4-16-5-2-8/h8-9H,1-7H2,(H,12,13). The van der Waals surface area contributed by atoms with Crippen LogP contribution >= 0.6 is 11.8 Å². The van der Waals surface area contributed by atoms with Gasteiger partial charge in [0.1, 0.15) is 6.04 Å². The van der Waals surface area contributed by atoms with Crippen molar-refractivity contribution in [2.45, 2.75) is 24.1 Å². The lowest BCUT2D eigenvalue weighted by molar-refractivity contribution is -0.140. The van der Waals surface area contributed by atoms with Gasteiger partial charge in [-0.15, -0.1) is 0 Å². The van der Waals surface area contributed by atoms with E-state index in [9.17, 15) is 13.2 Å². The van der Waals surface area contributed by atoms with Crippen molar-refractivity contribution in [3.8, 4) is 0 Å². The van der Waals surface area contributed by atoms with Crippen molar-refractivity contribution < 1.29 is 23.1 Å². The Labute approximate surface area is 111 Å². The molecule has 0 saturated carbocycles. The molecule has 0 aromatic heterocycles. The number of carbonyl (C=O) groups is 1. The number of thioether (sulfide) groups is 1. The van der Waals surface area contributed by atoms with E-state index in [2.05, 4.69) is 0 Å². The van der Waals surface area contributed by atoms with Crippen LogP contribution in [-0.4, -0.2) is 66.4 Å². The molecular formula is C10H17NO5S2. The number of rotatable bonds is 3. The maximum absolute atomic E-state index is 12.5. The summed E-state index contributed by atoms with van der Waals surface area (Å²) in [6.45, 7) is 1.16. The minimum absolute atomic E-state index is 0.293. The molecule has 2 saturated heterocycles. The Balaban J connectivity index is 2.18. The Morgan fingerprint density at radius 2 is 2.00 bits per heavy atom. The molecule has 2 heterocycles. The van der Waals surface area contributed by atoms with E-state index >= 15 is 0 Å². The van der Waals surface area contributed by atoms with E-state index in [-0.39, 0.29) is 0 Å². The quantitative estimate of drug-likeness (QED) is 0.789. The van der Waals surface area contributed by atoms with Crippen molar-refractivity contribution in [3.05, 3.63) is 0 Å². The Morgan fingerprint density at radius 3 is 2.61 bits per heavy atom. The highest BCUT2D eigenvalue weighted by molar-refractivity contribution is 7.99. The minimum atomic E-state index is -3.52. The normalized spacial score (nSPS) is 28.1. The average molecular weight is 295 g/mol. The molecule has 2 aliphatic rings. The summed E-state index contributed by atoms with van der Waals surface area (Å²) in [6, 6.07) is -0.920. The predicted molar refractivity (Wildman–Crippen MR) is 68.2 cm³/mol. The first-order valence-electron chi connectivity index (χ1n) is 5.92. The SMILES string of the molecule is O=C(O)C1CSCCN1S(=O)(=O)C1CCOCC1. The van der Waals surface area contributed by atoms with E-state index in [1.165, 1.54) is 16.1 Å². The first-order chi connectivity index (χ1) is 8.53. The zero-order chi connectivity index (χ0) is 13.2. The zero-order valence-corrected chi connectivity index (χ0v) is 11.6. The number of nitrogens with zero attached hydrogens (tertiary/aromatic N) is 1. The maximum atomic E-state index is 12.5. The molecule has 2 aliphatic heterocycles. The molecule has 0 radical (unpaired) electrons. The Bertz CT molecular complexity index is 404. The fourth-order valence-electron chi connectivity index (χ4n) is 2.25. The van der Waals surface area contributed by atoms with Gasteiger partial charge in [-0.25, -0.2) is 8.42 Å². The summed E-state index contributed by atoms with van der Waals surface area (Å²) in [6.07, 6.45) is 0.913. The van der Waals surface area contributed by atoms with Gasteiger partial charge in [0.05, 0.1) is 5.25 Å². The Morgan fingerprint density at radius 1 is 1.33 bits per heavy atom. The number of sulfonamides is 1. The summed E-state index contributed by atoms with van der Waals surface area (Å²) in [5.41, 5.74) is 0. The van der Waals surface area contributed by atoms with E-state index in [1.807, 2.05) is 0 Å². The van der Waals surface area contributed by atoms with Crippen LogP contribution in [0.15, 0.2) is 0 Å². The number of carboxylic acids is 1. The van der Waals surface area contributed by atoms with E-state index in [4.69, 9.17) is 9.84 Å². The summed E-state index contributed by atoms with van der Waals surface area (Å²) >= 11 is 1.49. The molecule has 0 spiro atoms. The van der Waals surface area contributed by atoms with Crippen molar-refractivity contribution in [1.29, 1.82) is 0 Å². The lowest BCUT2D eigenvalue weighted by atomic mass is 10.2. The third kappa shape index (κ3) is 2.81. The van der Waals surface area contributed by atoms with Crippen molar-refractivity contribution >= 4 is 27.8 Å². The van der Waals surface area contributed by atoms with Gasteiger partial charge >= 0.3 is 5.97 Å². The molecule has 1 unspecified atom stereocenters. The fraction of sp³-hybridized carbons (Fsp3) is 0.900. The third-order valence-electron chi connectivity index (χ3n) is 3.28. The summed E-state index contributed by atoms with van der Waals surface area (Å²) in [4.78, 5) is 11.2. The number of ether oxygens (including phenoxy) is 1. The Kier molecular flexibility index (Phi) is 4.52. The molecule has 104 valence electrons. The molecule has 2 rings (SSSR count). The molecule has 0 bridgehead atoms. The van der Waals surface area contributed by atoms with Gasteiger partial charge in [0, 0.05) is 31.3 Å². The van der Waals surface area contributed by atoms with Crippen molar-refractivity contribution in [2.75, 3.05) is 31.3 Å². The van der Waals surface area contributed by atoms with Crippen LogP contribution in [0.5, 0.6) is 0 Å². The van der Waals surface area contributed by atoms with Gasteiger partial charge in [0.15, 0.2) is 0 Å². The highest BCUT2D eigenvalue weighted by Gasteiger charge is 2.41. The molecule has 0 aliphatic carbocycles. The molecule has 2 fully saturated rings. The molecule has 18 heavy (non-hydrogen) atoms. The number of carboxylic acid groups (broad SMARTS) is 1. The Hall–Kier alpha value is -0.310. The highest BCUT2D eigenvalue weighted by atomic mass is 32.2. The fourth-order valence-corrected chi connectivity index (χ4v) is 5.54. The van der Waals surface area contributed by atoms with Gasteiger partial charge in [0.2, 0.25) is 10.0 Å². The molecule has 1 atom stereocenters. The van der Waals surface area contributed by atoms with E-state index in [0.717, 1.165) is 0 Å². The molecule has 0 amide bonds. The molecule has 8 heteroatoms. The molecule has 6 nitrogen and oxygen atoms in total. The summed E-state index contributed by atoms with van der Waals surface area (Å²) in [7, 11) is -3.52. The summed E-state index contributed by atoms with van der Waals surface area (Å²) in [5, 5.41) is 8.64. The van der Waals surface area contributed by atoms with Crippen LogP contribution in [0.1, 0.15) is 12.8 Å². The zero-order valence-electron chi connectivity index (χ0n) is 9.95. The van der Waals surface area contributed by atoms with Crippen LogP contribution in [-0.2, 0) is 19.6 Å². The molecule has 0 aromatic rings. The van der Waals surface area contributed by atoms with Gasteiger partial charge in [-0.05, 0) is 12.8 Å². The van der Waals surface area contributed by atoms with Gasteiger partial charge in [-0.1, -0.05) is 0 Å². The van der Waals surface area contributed by atoms with Crippen LogP contribution in [0, 0.1) is 0 Å². The topological polar surface area (TPSA) is 83.9 Å².